The van der Waals surface area contributed by atoms with Gasteiger partial charge in [-0.3, -0.25) is 9.36 Å². The van der Waals surface area contributed by atoms with Crippen LogP contribution in [0.1, 0.15) is 56.7 Å². The second kappa shape index (κ2) is 6.32. The maximum absolute atomic E-state index is 13.2. The lowest BCUT2D eigenvalue weighted by molar-refractivity contribution is -0.141. The molecule has 3 heterocycles. The van der Waals surface area contributed by atoms with Gasteiger partial charge in [-0.2, -0.15) is 4.98 Å². The van der Waals surface area contributed by atoms with Crippen molar-refractivity contribution in [1.82, 2.24) is 19.6 Å². The van der Waals surface area contributed by atoms with Crippen molar-refractivity contribution >= 4 is 17.0 Å². The van der Waals surface area contributed by atoms with Gasteiger partial charge in [0.15, 0.2) is 11.4 Å². The van der Waals surface area contributed by atoms with Gasteiger partial charge in [0.2, 0.25) is 11.8 Å². The highest BCUT2D eigenvalue weighted by Gasteiger charge is 2.44. The van der Waals surface area contributed by atoms with Crippen LogP contribution in [0.3, 0.4) is 0 Å². The largest absolute Gasteiger partial charge is 0.420 e. The molecule has 3 aromatic rings. The summed E-state index contributed by atoms with van der Waals surface area (Å²) in [6.07, 6.45) is 4.83. The van der Waals surface area contributed by atoms with Crippen LogP contribution in [0.4, 0.5) is 0 Å². The summed E-state index contributed by atoms with van der Waals surface area (Å²) in [6.45, 7) is 2.52. The Morgan fingerprint density at radius 1 is 1.29 bits per heavy atom. The van der Waals surface area contributed by atoms with E-state index in [4.69, 9.17) is 8.94 Å². The van der Waals surface area contributed by atoms with Crippen molar-refractivity contribution in [1.29, 1.82) is 0 Å². The number of likely N-dealkylation sites (tertiary alicyclic amines) is 1. The molecule has 0 bridgehead atoms. The zero-order valence-corrected chi connectivity index (χ0v) is 15.8. The van der Waals surface area contributed by atoms with E-state index < -0.39 is 11.3 Å². The number of oxazole rings is 1. The SMILES string of the molecule is CC1(c2noc(C3CC3)n2)CCCCN1C(=O)Cn1c(=O)oc2ccccc21. The van der Waals surface area contributed by atoms with Crippen molar-refractivity contribution in [3.8, 4) is 0 Å². The summed E-state index contributed by atoms with van der Waals surface area (Å²) in [5, 5.41) is 4.20. The quantitative estimate of drug-likeness (QED) is 0.689. The molecule has 1 aliphatic heterocycles. The molecule has 2 fully saturated rings. The summed E-state index contributed by atoms with van der Waals surface area (Å²) in [6, 6.07) is 7.13. The van der Waals surface area contributed by atoms with Crippen molar-refractivity contribution < 1.29 is 13.7 Å². The highest BCUT2D eigenvalue weighted by molar-refractivity contribution is 5.80. The second-order valence-electron chi connectivity index (χ2n) is 7.93. The Morgan fingerprint density at radius 3 is 2.93 bits per heavy atom. The molecule has 1 amide bonds. The third-order valence-electron chi connectivity index (χ3n) is 5.91. The van der Waals surface area contributed by atoms with Crippen molar-refractivity contribution in [2.75, 3.05) is 6.54 Å². The van der Waals surface area contributed by atoms with Crippen LogP contribution in [0.2, 0.25) is 0 Å². The van der Waals surface area contributed by atoms with Gasteiger partial charge in [0.25, 0.3) is 0 Å². The van der Waals surface area contributed by atoms with Gasteiger partial charge in [0, 0.05) is 12.5 Å². The van der Waals surface area contributed by atoms with Crippen LogP contribution in [0.5, 0.6) is 0 Å². The van der Waals surface area contributed by atoms with Gasteiger partial charge in [-0.25, -0.2) is 4.79 Å². The lowest BCUT2D eigenvalue weighted by Crippen LogP contribution is -2.52. The van der Waals surface area contributed by atoms with Gasteiger partial charge in [-0.1, -0.05) is 17.3 Å². The summed E-state index contributed by atoms with van der Waals surface area (Å²) < 4.78 is 12.1. The molecule has 1 aliphatic carbocycles. The molecular formula is C20H22N4O4. The summed E-state index contributed by atoms with van der Waals surface area (Å²) in [5.74, 6) is 0.934. The van der Waals surface area contributed by atoms with E-state index >= 15 is 0 Å². The number of piperidine rings is 1. The number of benzene rings is 1. The number of amides is 1. The van der Waals surface area contributed by atoms with E-state index in [2.05, 4.69) is 10.1 Å². The average molecular weight is 382 g/mol. The van der Waals surface area contributed by atoms with Crippen LogP contribution < -0.4 is 5.76 Å². The molecule has 5 rings (SSSR count). The van der Waals surface area contributed by atoms with Gasteiger partial charge in [-0.05, 0) is 51.2 Å². The molecular weight excluding hydrogens is 360 g/mol. The standard InChI is InChI=1S/C20H22N4O4/c1-20(18-21-17(28-22-18)13-8-9-13)10-4-5-11-24(20)16(25)12-23-14-6-2-3-7-15(14)27-19(23)26/h2-3,6-7,13H,4-5,8-12H2,1H3. The Hall–Kier alpha value is -2.90. The lowest BCUT2D eigenvalue weighted by Gasteiger charge is -2.42. The molecule has 1 aromatic carbocycles. The predicted molar refractivity (Wildman–Crippen MR) is 99.7 cm³/mol. The second-order valence-corrected chi connectivity index (χ2v) is 7.93. The van der Waals surface area contributed by atoms with Gasteiger partial charge in [0.05, 0.1) is 5.52 Å². The first-order valence-electron chi connectivity index (χ1n) is 9.79. The topological polar surface area (TPSA) is 94.4 Å². The normalized spacial score (nSPS) is 22.7. The van der Waals surface area contributed by atoms with Gasteiger partial charge in [-0.15, -0.1) is 0 Å². The highest BCUT2D eigenvalue weighted by atomic mass is 16.5. The fraction of sp³-hybridized carbons (Fsp3) is 0.500. The summed E-state index contributed by atoms with van der Waals surface area (Å²) in [5.41, 5.74) is 0.471. The summed E-state index contributed by atoms with van der Waals surface area (Å²) >= 11 is 0. The minimum absolute atomic E-state index is 0.0707. The molecule has 0 radical (unpaired) electrons. The Morgan fingerprint density at radius 2 is 2.11 bits per heavy atom. The zero-order chi connectivity index (χ0) is 19.3. The maximum Gasteiger partial charge on any atom is 0.420 e. The average Bonchev–Trinajstić information content (AvgIpc) is 3.33. The van der Waals surface area contributed by atoms with Crippen LogP contribution in [0.25, 0.3) is 11.1 Å². The lowest BCUT2D eigenvalue weighted by atomic mass is 9.87. The van der Waals surface area contributed by atoms with Gasteiger partial charge in [0.1, 0.15) is 12.1 Å². The van der Waals surface area contributed by atoms with Crippen LogP contribution >= 0.6 is 0 Å². The first-order valence-corrected chi connectivity index (χ1v) is 9.79. The number of hydrogen-bond donors (Lipinski definition) is 0. The first kappa shape index (κ1) is 17.2. The maximum atomic E-state index is 13.2. The van der Waals surface area contributed by atoms with E-state index in [-0.39, 0.29) is 12.5 Å². The Labute approximate surface area is 161 Å². The number of para-hydroxylation sites is 2. The molecule has 1 saturated heterocycles. The molecule has 1 unspecified atom stereocenters. The monoisotopic (exact) mass is 382 g/mol. The van der Waals surface area contributed by atoms with E-state index in [0.29, 0.717) is 35.3 Å². The van der Waals surface area contributed by atoms with E-state index in [1.807, 2.05) is 13.0 Å². The van der Waals surface area contributed by atoms with Crippen LogP contribution in [0.15, 0.2) is 38.0 Å². The Bertz CT molecular complexity index is 1090. The highest BCUT2D eigenvalue weighted by Crippen LogP contribution is 2.41. The fourth-order valence-electron chi connectivity index (χ4n) is 4.09. The third kappa shape index (κ3) is 2.75. The van der Waals surface area contributed by atoms with Crippen molar-refractivity contribution in [2.24, 2.45) is 0 Å². The number of carbonyl (C=O) groups excluding carboxylic acids is 1. The van der Waals surface area contributed by atoms with Crippen molar-refractivity contribution in [2.45, 2.75) is 57.0 Å². The third-order valence-corrected chi connectivity index (χ3v) is 5.91. The Kier molecular flexibility index (Phi) is 3.89. The number of nitrogens with zero attached hydrogens (tertiary/aromatic N) is 4. The van der Waals surface area contributed by atoms with Crippen LogP contribution in [-0.4, -0.2) is 32.1 Å². The van der Waals surface area contributed by atoms with Crippen LogP contribution in [0, 0.1) is 0 Å². The van der Waals surface area contributed by atoms with E-state index in [9.17, 15) is 9.59 Å². The summed E-state index contributed by atoms with van der Waals surface area (Å²) in [7, 11) is 0. The molecule has 28 heavy (non-hydrogen) atoms. The number of rotatable bonds is 4. The molecule has 0 N–H and O–H groups in total. The van der Waals surface area contributed by atoms with E-state index in [0.717, 1.165) is 32.1 Å². The summed E-state index contributed by atoms with van der Waals surface area (Å²) in [4.78, 5) is 31.9. The number of hydrogen-bond acceptors (Lipinski definition) is 6. The molecule has 1 saturated carbocycles. The van der Waals surface area contributed by atoms with Gasteiger partial charge >= 0.3 is 5.76 Å². The fourth-order valence-corrected chi connectivity index (χ4v) is 4.09. The van der Waals surface area contributed by atoms with Gasteiger partial charge < -0.3 is 13.8 Å². The molecule has 8 heteroatoms. The molecule has 146 valence electrons. The molecule has 2 aliphatic rings. The van der Waals surface area contributed by atoms with E-state index in [1.165, 1.54) is 4.57 Å². The number of aromatic nitrogens is 3. The molecule has 1 atom stereocenters. The minimum atomic E-state index is -0.630. The smallest absolute Gasteiger partial charge is 0.408 e. The zero-order valence-electron chi connectivity index (χ0n) is 15.8. The minimum Gasteiger partial charge on any atom is -0.408 e. The molecule has 2 aromatic heterocycles. The van der Waals surface area contributed by atoms with Crippen molar-refractivity contribution in [3.63, 3.8) is 0 Å². The Balaban J connectivity index is 1.46. The van der Waals surface area contributed by atoms with Crippen LogP contribution in [-0.2, 0) is 16.9 Å². The molecule has 8 nitrogen and oxygen atoms in total. The van der Waals surface area contributed by atoms with Crippen molar-refractivity contribution in [3.05, 3.63) is 46.5 Å². The van der Waals surface area contributed by atoms with E-state index in [1.54, 1.807) is 23.1 Å². The first-order chi connectivity index (χ1) is 13.6. The molecule has 0 spiro atoms. The number of fused-ring (bicyclic) bond motifs is 1. The predicted octanol–water partition coefficient (Wildman–Crippen LogP) is 2.78. The number of carbonyl (C=O) groups is 1.